The van der Waals surface area contributed by atoms with Crippen molar-refractivity contribution in [2.75, 3.05) is 28.8 Å². The fraction of sp³-hybridized carbons (Fsp3) is 0.148. The van der Waals surface area contributed by atoms with Crippen LogP contribution in [0.25, 0.3) is 11.0 Å². The molecule has 0 spiro atoms. The molecule has 0 fully saturated rings. The summed E-state index contributed by atoms with van der Waals surface area (Å²) in [7, 11) is 0.734. The summed E-state index contributed by atoms with van der Waals surface area (Å²) in [6.45, 7) is 0. The monoisotopic (exact) mass is 531 g/mol. The van der Waals surface area contributed by atoms with E-state index in [1.54, 1.807) is 42.6 Å². The number of rotatable bonds is 8. The second-order valence-corrected chi connectivity index (χ2v) is 11.1. The lowest BCUT2D eigenvalue weighted by molar-refractivity contribution is 0.601. The number of nitrogens with zero attached hydrogens (tertiary/aromatic N) is 5. The molecule has 11 heteroatoms. The Morgan fingerprint density at radius 1 is 0.921 bits per heavy atom. The molecule has 2 heterocycles. The summed E-state index contributed by atoms with van der Waals surface area (Å²) >= 11 is 0. The Kier molecular flexibility index (Phi) is 6.68. The van der Waals surface area contributed by atoms with Crippen LogP contribution in [0, 0.1) is 5.82 Å². The number of aromatic nitrogens is 4. The molecule has 5 rings (SSSR count). The molecule has 0 bridgehead atoms. The summed E-state index contributed by atoms with van der Waals surface area (Å²) in [6.07, 6.45) is 2.88. The van der Waals surface area contributed by atoms with Crippen LogP contribution in [0.2, 0.25) is 0 Å². The Morgan fingerprint density at radius 3 is 2.32 bits per heavy atom. The van der Waals surface area contributed by atoms with E-state index in [1.807, 2.05) is 47.8 Å². The van der Waals surface area contributed by atoms with Crippen LogP contribution < -0.4 is 15.5 Å². The van der Waals surface area contributed by atoms with Crippen molar-refractivity contribution in [3.63, 3.8) is 0 Å². The second kappa shape index (κ2) is 10.1. The van der Waals surface area contributed by atoms with Gasteiger partial charge in [-0.1, -0.05) is 12.1 Å². The molecule has 9 nitrogen and oxygen atoms in total. The first-order chi connectivity index (χ1) is 18.1. The quantitative estimate of drug-likeness (QED) is 0.278. The van der Waals surface area contributed by atoms with Gasteiger partial charge in [-0.2, -0.15) is 4.98 Å². The predicted molar refractivity (Wildman–Crippen MR) is 149 cm³/mol. The maximum absolute atomic E-state index is 13.2. The molecular formula is C27H26FN7O2S. The predicted octanol–water partition coefficient (Wildman–Crippen LogP) is 5.30. The van der Waals surface area contributed by atoms with Gasteiger partial charge in [-0.15, -0.1) is 0 Å². The summed E-state index contributed by atoms with van der Waals surface area (Å²) in [6, 6.07) is 21.0. The number of imidazole rings is 1. The average molecular weight is 532 g/mol. The molecule has 0 aliphatic heterocycles. The number of anilines is 6. The van der Waals surface area contributed by atoms with E-state index in [-0.39, 0.29) is 11.6 Å². The van der Waals surface area contributed by atoms with Gasteiger partial charge in [0.15, 0.2) is 9.84 Å². The van der Waals surface area contributed by atoms with Gasteiger partial charge in [-0.3, -0.25) is 0 Å². The van der Waals surface area contributed by atoms with Crippen molar-refractivity contribution in [3.05, 3.63) is 90.4 Å². The number of fused-ring (bicyclic) bond motifs is 1. The minimum atomic E-state index is -3.09. The van der Waals surface area contributed by atoms with Crippen LogP contribution in [0.5, 0.6) is 0 Å². The highest BCUT2D eigenvalue weighted by molar-refractivity contribution is 7.89. The third-order valence-corrected chi connectivity index (χ3v) is 6.83. The van der Waals surface area contributed by atoms with E-state index in [9.17, 15) is 12.8 Å². The average Bonchev–Trinajstić information content (AvgIpc) is 3.19. The van der Waals surface area contributed by atoms with E-state index in [0.717, 1.165) is 28.1 Å². The van der Waals surface area contributed by atoms with Crippen molar-refractivity contribution < 1.29 is 12.8 Å². The molecule has 2 aromatic heterocycles. The van der Waals surface area contributed by atoms with Crippen molar-refractivity contribution in [2.24, 2.45) is 7.05 Å². The Hall–Kier alpha value is -4.51. The van der Waals surface area contributed by atoms with Crippen molar-refractivity contribution in [3.8, 4) is 0 Å². The number of hydrogen-bond donors (Lipinski definition) is 2. The Morgan fingerprint density at radius 2 is 1.61 bits per heavy atom. The van der Waals surface area contributed by atoms with Crippen LogP contribution in [0.15, 0.2) is 79.0 Å². The minimum absolute atomic E-state index is 0.00549. The molecule has 0 aliphatic carbocycles. The van der Waals surface area contributed by atoms with Gasteiger partial charge in [-0.25, -0.2) is 22.8 Å². The van der Waals surface area contributed by atoms with Gasteiger partial charge < -0.3 is 20.1 Å². The van der Waals surface area contributed by atoms with Crippen LogP contribution in [-0.2, 0) is 22.6 Å². The molecule has 194 valence electrons. The van der Waals surface area contributed by atoms with Crippen LogP contribution in [0.1, 0.15) is 5.56 Å². The normalized spacial score (nSPS) is 11.5. The number of sulfone groups is 1. The van der Waals surface area contributed by atoms with Gasteiger partial charge in [0.1, 0.15) is 11.6 Å². The Balaban J connectivity index is 1.34. The summed E-state index contributed by atoms with van der Waals surface area (Å²) in [5, 5.41) is 6.39. The zero-order valence-corrected chi connectivity index (χ0v) is 21.9. The lowest BCUT2D eigenvalue weighted by Crippen LogP contribution is -2.12. The van der Waals surface area contributed by atoms with E-state index in [4.69, 9.17) is 4.98 Å². The van der Waals surface area contributed by atoms with Gasteiger partial charge in [0, 0.05) is 43.6 Å². The topological polar surface area (TPSA) is 105 Å². The highest BCUT2D eigenvalue weighted by Crippen LogP contribution is 2.29. The minimum Gasteiger partial charge on any atom is -0.329 e. The number of benzene rings is 3. The first-order valence-electron chi connectivity index (χ1n) is 11.7. The molecule has 0 radical (unpaired) electrons. The molecule has 0 atom stereocenters. The standard InChI is InChI=1S/C27H26FN7O2S/c1-34(25-14-15-29-26(33-25)30-20-8-4-18(5-9-20)17-38(3,36)37)22-12-13-24-23(16-22)32-27(35(24)2)31-21-10-6-19(28)7-11-21/h4-16H,17H2,1-3H3,(H,31,32)(H,29,30,33). The maximum Gasteiger partial charge on any atom is 0.229 e. The summed E-state index contributed by atoms with van der Waals surface area (Å²) < 4.78 is 38.2. The Labute approximate surface area is 219 Å². The van der Waals surface area contributed by atoms with Gasteiger partial charge in [0.05, 0.1) is 16.8 Å². The lowest BCUT2D eigenvalue weighted by atomic mass is 10.2. The fourth-order valence-corrected chi connectivity index (χ4v) is 4.81. The molecule has 3 aromatic carbocycles. The molecule has 0 saturated carbocycles. The molecule has 0 unspecified atom stereocenters. The molecule has 0 aliphatic rings. The van der Waals surface area contributed by atoms with E-state index in [2.05, 4.69) is 20.6 Å². The zero-order chi connectivity index (χ0) is 26.9. The second-order valence-electron chi connectivity index (χ2n) is 8.99. The van der Waals surface area contributed by atoms with Crippen molar-refractivity contribution in [2.45, 2.75) is 5.75 Å². The summed E-state index contributed by atoms with van der Waals surface area (Å²) in [5.41, 5.74) is 4.83. The maximum atomic E-state index is 13.2. The molecule has 5 aromatic rings. The van der Waals surface area contributed by atoms with E-state index >= 15 is 0 Å². The Bertz CT molecular complexity index is 1700. The lowest BCUT2D eigenvalue weighted by Gasteiger charge is -2.19. The third-order valence-electron chi connectivity index (χ3n) is 5.98. The van der Waals surface area contributed by atoms with Crippen LogP contribution >= 0.6 is 0 Å². The van der Waals surface area contributed by atoms with Gasteiger partial charge in [0.2, 0.25) is 11.9 Å². The van der Waals surface area contributed by atoms with Crippen molar-refractivity contribution >= 4 is 55.6 Å². The molecular weight excluding hydrogens is 505 g/mol. The zero-order valence-electron chi connectivity index (χ0n) is 21.1. The fourth-order valence-electron chi connectivity index (χ4n) is 4.02. The molecule has 38 heavy (non-hydrogen) atoms. The molecule has 0 saturated heterocycles. The smallest absolute Gasteiger partial charge is 0.229 e. The third kappa shape index (κ3) is 5.73. The van der Waals surface area contributed by atoms with Crippen molar-refractivity contribution in [1.29, 1.82) is 0 Å². The van der Waals surface area contributed by atoms with Gasteiger partial charge in [-0.05, 0) is 66.2 Å². The number of halogens is 1. The van der Waals surface area contributed by atoms with Crippen molar-refractivity contribution in [1.82, 2.24) is 19.5 Å². The highest BCUT2D eigenvalue weighted by atomic mass is 32.2. The van der Waals surface area contributed by atoms with Crippen LogP contribution in [-0.4, -0.2) is 41.2 Å². The van der Waals surface area contributed by atoms with E-state index < -0.39 is 9.84 Å². The SMILES string of the molecule is CN(c1ccc2c(c1)nc(Nc1ccc(F)cc1)n2C)c1ccnc(Nc2ccc(CS(C)(=O)=O)cc2)n1. The van der Waals surface area contributed by atoms with Gasteiger partial charge in [0.25, 0.3) is 0 Å². The summed E-state index contributed by atoms with van der Waals surface area (Å²) in [5.74, 6) is 1.43. The van der Waals surface area contributed by atoms with E-state index in [0.29, 0.717) is 23.3 Å². The number of hydrogen-bond acceptors (Lipinski definition) is 8. The number of nitrogens with one attached hydrogen (secondary N) is 2. The van der Waals surface area contributed by atoms with Gasteiger partial charge >= 0.3 is 0 Å². The molecule has 0 amide bonds. The highest BCUT2D eigenvalue weighted by Gasteiger charge is 2.13. The first-order valence-corrected chi connectivity index (χ1v) is 13.8. The van der Waals surface area contributed by atoms with E-state index in [1.165, 1.54) is 18.4 Å². The number of aryl methyl sites for hydroxylation is 1. The molecule has 2 N–H and O–H groups in total. The summed E-state index contributed by atoms with van der Waals surface area (Å²) in [4.78, 5) is 15.6. The van der Waals surface area contributed by atoms with Crippen LogP contribution in [0.3, 0.4) is 0 Å². The largest absolute Gasteiger partial charge is 0.329 e. The van der Waals surface area contributed by atoms with Crippen LogP contribution in [0.4, 0.5) is 39.2 Å². The first kappa shape index (κ1) is 25.2.